The lowest BCUT2D eigenvalue weighted by molar-refractivity contribution is 0.179. The molecule has 2 N–H and O–H groups in total. The van der Waals surface area contributed by atoms with Crippen molar-refractivity contribution in [1.82, 2.24) is 0 Å². The molecule has 84 valence electrons. The molecule has 4 nitrogen and oxygen atoms in total. The van der Waals surface area contributed by atoms with Gasteiger partial charge in [0.1, 0.15) is 11.5 Å². The van der Waals surface area contributed by atoms with Gasteiger partial charge in [0, 0.05) is 18.7 Å². The molecule has 15 heavy (non-hydrogen) atoms. The first-order valence-corrected chi connectivity index (χ1v) is 4.69. The average Bonchev–Trinajstić information content (AvgIpc) is 2.28. The molecule has 0 aliphatic heterocycles. The van der Waals surface area contributed by atoms with Crippen LogP contribution in [-0.4, -0.2) is 27.9 Å². The van der Waals surface area contributed by atoms with E-state index in [1.807, 2.05) is 18.2 Å². The summed E-state index contributed by atoms with van der Waals surface area (Å²) in [4.78, 5) is 0. The Balaban J connectivity index is 2.96. The molecular weight excluding hydrogens is 194 g/mol. The molecule has 0 saturated heterocycles. The molecule has 1 rings (SSSR count). The summed E-state index contributed by atoms with van der Waals surface area (Å²) in [6.45, 7) is 0.461. The third-order valence-corrected chi connectivity index (χ3v) is 2.19. The Kier molecular flexibility index (Phi) is 4.39. The van der Waals surface area contributed by atoms with E-state index in [0.29, 0.717) is 6.61 Å². The van der Waals surface area contributed by atoms with E-state index in [2.05, 4.69) is 0 Å². The van der Waals surface area contributed by atoms with Crippen molar-refractivity contribution < 1.29 is 14.2 Å². The van der Waals surface area contributed by atoms with Crippen LogP contribution in [0.15, 0.2) is 18.2 Å². The zero-order valence-electron chi connectivity index (χ0n) is 9.32. The summed E-state index contributed by atoms with van der Waals surface area (Å²) in [6, 6.07) is 5.37. The highest BCUT2D eigenvalue weighted by atomic mass is 16.5. The third kappa shape index (κ3) is 2.84. The van der Waals surface area contributed by atoms with Crippen molar-refractivity contribution in [2.45, 2.75) is 6.04 Å². The summed E-state index contributed by atoms with van der Waals surface area (Å²) in [5, 5.41) is 0. The molecule has 0 bridgehead atoms. The maximum Gasteiger partial charge on any atom is 0.127 e. The molecule has 4 heteroatoms. The highest BCUT2D eigenvalue weighted by molar-refractivity contribution is 5.42. The SMILES string of the molecule is COC[C@@H](N)c1ccc(OC)cc1OC. The van der Waals surface area contributed by atoms with E-state index in [1.165, 1.54) is 0 Å². The standard InChI is InChI=1S/C11H17NO3/c1-13-7-10(12)9-5-4-8(14-2)6-11(9)15-3/h4-6,10H,7,12H2,1-3H3/t10-/m1/s1. The average molecular weight is 211 g/mol. The lowest BCUT2D eigenvalue weighted by Gasteiger charge is -2.15. The Morgan fingerprint density at radius 3 is 2.47 bits per heavy atom. The fraction of sp³-hybridized carbons (Fsp3) is 0.455. The van der Waals surface area contributed by atoms with Gasteiger partial charge < -0.3 is 19.9 Å². The first-order chi connectivity index (χ1) is 7.22. The van der Waals surface area contributed by atoms with E-state index in [-0.39, 0.29) is 6.04 Å². The number of benzene rings is 1. The highest BCUT2D eigenvalue weighted by Gasteiger charge is 2.12. The fourth-order valence-corrected chi connectivity index (χ4v) is 1.39. The summed E-state index contributed by atoms with van der Waals surface area (Å²) in [5.41, 5.74) is 6.84. The van der Waals surface area contributed by atoms with Crippen LogP contribution in [0.4, 0.5) is 0 Å². The Labute approximate surface area is 89.9 Å². The smallest absolute Gasteiger partial charge is 0.127 e. The topological polar surface area (TPSA) is 53.7 Å². The quantitative estimate of drug-likeness (QED) is 0.798. The first-order valence-electron chi connectivity index (χ1n) is 4.69. The predicted molar refractivity (Wildman–Crippen MR) is 58.4 cm³/mol. The maximum absolute atomic E-state index is 5.93. The van der Waals surface area contributed by atoms with Crippen molar-refractivity contribution in [3.63, 3.8) is 0 Å². The van der Waals surface area contributed by atoms with Gasteiger partial charge in [0.15, 0.2) is 0 Å². The Hall–Kier alpha value is -1.26. The number of hydrogen-bond acceptors (Lipinski definition) is 4. The summed E-state index contributed by atoms with van der Waals surface area (Å²) >= 11 is 0. The monoisotopic (exact) mass is 211 g/mol. The van der Waals surface area contributed by atoms with Crippen molar-refractivity contribution in [1.29, 1.82) is 0 Å². The van der Waals surface area contributed by atoms with E-state index in [4.69, 9.17) is 19.9 Å². The predicted octanol–water partition coefficient (Wildman–Crippen LogP) is 1.35. The molecule has 0 unspecified atom stereocenters. The molecule has 0 aliphatic carbocycles. The van der Waals surface area contributed by atoms with Gasteiger partial charge in [0.2, 0.25) is 0 Å². The summed E-state index contributed by atoms with van der Waals surface area (Å²) in [7, 11) is 4.84. The van der Waals surface area contributed by atoms with E-state index in [1.54, 1.807) is 21.3 Å². The summed E-state index contributed by atoms with van der Waals surface area (Å²) < 4.78 is 15.3. The van der Waals surface area contributed by atoms with E-state index >= 15 is 0 Å². The van der Waals surface area contributed by atoms with Gasteiger partial charge in [-0.3, -0.25) is 0 Å². The molecule has 0 radical (unpaired) electrons. The van der Waals surface area contributed by atoms with E-state index in [0.717, 1.165) is 17.1 Å². The lowest BCUT2D eigenvalue weighted by atomic mass is 10.1. The van der Waals surface area contributed by atoms with Gasteiger partial charge >= 0.3 is 0 Å². The molecule has 0 aromatic heterocycles. The third-order valence-electron chi connectivity index (χ3n) is 2.19. The Bertz CT molecular complexity index is 315. The molecule has 0 saturated carbocycles. The zero-order chi connectivity index (χ0) is 11.3. The largest absolute Gasteiger partial charge is 0.497 e. The van der Waals surface area contributed by atoms with Crippen LogP contribution >= 0.6 is 0 Å². The van der Waals surface area contributed by atoms with E-state index in [9.17, 15) is 0 Å². The van der Waals surface area contributed by atoms with Gasteiger partial charge in [-0.1, -0.05) is 0 Å². The molecule has 0 spiro atoms. The fourth-order valence-electron chi connectivity index (χ4n) is 1.39. The second-order valence-electron chi connectivity index (χ2n) is 3.17. The van der Waals surface area contributed by atoms with Crippen molar-refractivity contribution >= 4 is 0 Å². The van der Waals surface area contributed by atoms with Gasteiger partial charge in [-0.15, -0.1) is 0 Å². The first kappa shape index (κ1) is 11.8. The van der Waals surface area contributed by atoms with Crippen LogP contribution in [0.5, 0.6) is 11.5 Å². The molecule has 0 aliphatic rings. The number of methoxy groups -OCH3 is 3. The van der Waals surface area contributed by atoms with E-state index < -0.39 is 0 Å². The molecular formula is C11H17NO3. The van der Waals surface area contributed by atoms with Gasteiger partial charge in [-0.25, -0.2) is 0 Å². The molecule has 1 aromatic carbocycles. The summed E-state index contributed by atoms with van der Waals surface area (Å²) in [6.07, 6.45) is 0. The molecule has 0 fully saturated rings. The van der Waals surface area contributed by atoms with Crippen LogP contribution < -0.4 is 15.2 Å². The van der Waals surface area contributed by atoms with Gasteiger partial charge in [0.25, 0.3) is 0 Å². The zero-order valence-corrected chi connectivity index (χ0v) is 9.32. The minimum atomic E-state index is -0.184. The normalized spacial score (nSPS) is 12.3. The number of nitrogens with two attached hydrogens (primary N) is 1. The molecule has 1 atom stereocenters. The van der Waals surface area contributed by atoms with Crippen molar-refractivity contribution in [3.8, 4) is 11.5 Å². The molecule has 0 heterocycles. The number of hydrogen-bond donors (Lipinski definition) is 1. The van der Waals surface area contributed by atoms with Crippen molar-refractivity contribution in [2.24, 2.45) is 5.73 Å². The second-order valence-corrected chi connectivity index (χ2v) is 3.17. The minimum absolute atomic E-state index is 0.184. The summed E-state index contributed by atoms with van der Waals surface area (Å²) in [5.74, 6) is 1.47. The molecule has 1 aromatic rings. The maximum atomic E-state index is 5.93. The van der Waals surface area contributed by atoms with Crippen LogP contribution in [0, 0.1) is 0 Å². The Morgan fingerprint density at radius 1 is 1.20 bits per heavy atom. The van der Waals surface area contributed by atoms with Crippen LogP contribution in [-0.2, 0) is 4.74 Å². The van der Waals surface area contributed by atoms with Crippen LogP contribution in [0.2, 0.25) is 0 Å². The Morgan fingerprint density at radius 2 is 1.93 bits per heavy atom. The lowest BCUT2D eigenvalue weighted by Crippen LogP contribution is -2.16. The van der Waals surface area contributed by atoms with Crippen LogP contribution in [0.3, 0.4) is 0 Å². The number of ether oxygens (including phenoxy) is 3. The van der Waals surface area contributed by atoms with Crippen molar-refractivity contribution in [2.75, 3.05) is 27.9 Å². The van der Waals surface area contributed by atoms with Gasteiger partial charge in [-0.05, 0) is 12.1 Å². The van der Waals surface area contributed by atoms with Crippen LogP contribution in [0.25, 0.3) is 0 Å². The minimum Gasteiger partial charge on any atom is -0.497 e. The van der Waals surface area contributed by atoms with Crippen molar-refractivity contribution in [3.05, 3.63) is 23.8 Å². The van der Waals surface area contributed by atoms with Gasteiger partial charge in [-0.2, -0.15) is 0 Å². The highest BCUT2D eigenvalue weighted by Crippen LogP contribution is 2.28. The molecule has 0 amide bonds. The number of rotatable bonds is 5. The van der Waals surface area contributed by atoms with Crippen LogP contribution in [0.1, 0.15) is 11.6 Å². The van der Waals surface area contributed by atoms with Gasteiger partial charge in [0.05, 0.1) is 26.9 Å². The second kappa shape index (κ2) is 5.58.